The van der Waals surface area contributed by atoms with Gasteiger partial charge in [0.2, 0.25) is 0 Å². The molecule has 0 N–H and O–H groups in total. The molecule has 0 bridgehead atoms. The Morgan fingerprint density at radius 3 is 1.93 bits per heavy atom. The van der Waals surface area contributed by atoms with E-state index in [0.29, 0.717) is 6.04 Å². The van der Waals surface area contributed by atoms with Crippen molar-refractivity contribution in [3.8, 4) is 0 Å². The second kappa shape index (κ2) is 7.78. The minimum atomic E-state index is 0.314. The molecule has 4 aromatic rings. The van der Waals surface area contributed by atoms with Crippen LogP contribution in [-0.2, 0) is 4.74 Å². The molecule has 0 radical (unpaired) electrons. The first-order chi connectivity index (χ1) is 13.9. The Hall–Kier alpha value is -2.62. The molecule has 0 aliphatic carbocycles. The van der Waals surface area contributed by atoms with Crippen LogP contribution in [0.1, 0.15) is 18.0 Å². The fourth-order valence-corrected chi connectivity index (χ4v) is 4.54. The smallest absolute Gasteiger partial charge is 0.0604 e. The molecule has 3 heteroatoms. The lowest BCUT2D eigenvalue weighted by Gasteiger charge is -2.29. The molecule has 2 heterocycles. The summed E-state index contributed by atoms with van der Waals surface area (Å²) < 4.78 is 8.09. The number of hydrogen-bond acceptors (Lipinski definition) is 2. The van der Waals surface area contributed by atoms with Gasteiger partial charge in [-0.15, -0.1) is 0 Å². The number of nitrogens with zero attached hydrogens (tertiary/aromatic N) is 2. The standard InChI is InChI=1S/C25H26N2O/c1-2-8-20(9-3-1)23(14-15-26-16-18-28-19-17-26)27-24-12-6-4-10-21(24)22-11-5-7-13-25(22)27/h1-13,23H,14-19H2. The zero-order valence-electron chi connectivity index (χ0n) is 16.1. The number of benzene rings is 3. The topological polar surface area (TPSA) is 17.4 Å². The maximum atomic E-state index is 5.53. The van der Waals surface area contributed by atoms with Crippen LogP contribution in [0.15, 0.2) is 78.9 Å². The van der Waals surface area contributed by atoms with Gasteiger partial charge < -0.3 is 9.30 Å². The van der Waals surface area contributed by atoms with Gasteiger partial charge in [0.1, 0.15) is 0 Å². The fraction of sp³-hybridized carbons (Fsp3) is 0.280. The predicted octanol–water partition coefficient (Wildman–Crippen LogP) is 5.11. The van der Waals surface area contributed by atoms with E-state index in [9.17, 15) is 0 Å². The Labute approximate surface area is 166 Å². The molecular weight excluding hydrogens is 344 g/mol. The highest BCUT2D eigenvalue weighted by Crippen LogP contribution is 2.35. The average molecular weight is 370 g/mol. The van der Waals surface area contributed by atoms with Crippen LogP contribution in [-0.4, -0.2) is 42.3 Å². The van der Waals surface area contributed by atoms with Crippen LogP contribution in [0.25, 0.3) is 21.8 Å². The van der Waals surface area contributed by atoms with Gasteiger partial charge in [0.25, 0.3) is 0 Å². The number of rotatable bonds is 5. The van der Waals surface area contributed by atoms with Crippen molar-refractivity contribution in [1.82, 2.24) is 9.47 Å². The Kier molecular flexibility index (Phi) is 4.86. The Balaban J connectivity index is 1.62. The zero-order valence-corrected chi connectivity index (χ0v) is 16.1. The average Bonchev–Trinajstić information content (AvgIpc) is 3.10. The van der Waals surface area contributed by atoms with E-state index in [1.54, 1.807) is 0 Å². The summed E-state index contributed by atoms with van der Waals surface area (Å²) in [5.74, 6) is 0. The van der Waals surface area contributed by atoms with Gasteiger partial charge in [-0.05, 0) is 24.1 Å². The van der Waals surface area contributed by atoms with Crippen molar-refractivity contribution in [2.75, 3.05) is 32.8 Å². The summed E-state index contributed by atoms with van der Waals surface area (Å²) in [6.45, 7) is 4.86. The second-order valence-corrected chi connectivity index (χ2v) is 7.57. The summed E-state index contributed by atoms with van der Waals surface area (Å²) in [5.41, 5.74) is 4.02. The maximum Gasteiger partial charge on any atom is 0.0604 e. The molecule has 5 rings (SSSR count). The molecule has 28 heavy (non-hydrogen) atoms. The van der Waals surface area contributed by atoms with Gasteiger partial charge in [-0.1, -0.05) is 66.7 Å². The molecule has 1 aliphatic heterocycles. The molecule has 0 spiro atoms. The van der Waals surface area contributed by atoms with Crippen molar-refractivity contribution < 1.29 is 4.74 Å². The van der Waals surface area contributed by atoms with E-state index in [4.69, 9.17) is 4.74 Å². The van der Waals surface area contributed by atoms with Crippen LogP contribution in [0.3, 0.4) is 0 Å². The van der Waals surface area contributed by atoms with Crippen molar-refractivity contribution in [3.05, 3.63) is 84.4 Å². The van der Waals surface area contributed by atoms with E-state index in [1.165, 1.54) is 27.4 Å². The van der Waals surface area contributed by atoms with E-state index in [2.05, 4.69) is 88.3 Å². The number of fused-ring (bicyclic) bond motifs is 3. The zero-order chi connectivity index (χ0) is 18.8. The van der Waals surface area contributed by atoms with Crippen LogP contribution in [0, 0.1) is 0 Å². The van der Waals surface area contributed by atoms with Gasteiger partial charge in [-0.2, -0.15) is 0 Å². The van der Waals surface area contributed by atoms with Crippen LogP contribution >= 0.6 is 0 Å². The number of para-hydroxylation sites is 2. The maximum absolute atomic E-state index is 5.53. The van der Waals surface area contributed by atoms with Crippen molar-refractivity contribution >= 4 is 21.8 Å². The van der Waals surface area contributed by atoms with Gasteiger partial charge in [-0.25, -0.2) is 0 Å². The third-order valence-electron chi connectivity index (χ3n) is 5.94. The van der Waals surface area contributed by atoms with Crippen molar-refractivity contribution in [2.45, 2.75) is 12.5 Å². The van der Waals surface area contributed by atoms with E-state index in [0.717, 1.165) is 39.3 Å². The highest BCUT2D eigenvalue weighted by molar-refractivity contribution is 6.08. The Bertz CT molecular complexity index is 1010. The molecule has 3 aromatic carbocycles. The van der Waals surface area contributed by atoms with Crippen LogP contribution in [0.4, 0.5) is 0 Å². The normalized spacial score (nSPS) is 16.6. The van der Waals surface area contributed by atoms with E-state index in [1.807, 2.05) is 0 Å². The first-order valence-corrected chi connectivity index (χ1v) is 10.2. The molecule has 142 valence electrons. The van der Waals surface area contributed by atoms with Gasteiger partial charge in [0.15, 0.2) is 0 Å². The van der Waals surface area contributed by atoms with Crippen molar-refractivity contribution in [3.63, 3.8) is 0 Å². The minimum absolute atomic E-state index is 0.314. The molecule has 0 saturated carbocycles. The predicted molar refractivity (Wildman–Crippen MR) is 116 cm³/mol. The minimum Gasteiger partial charge on any atom is -0.379 e. The molecule has 1 aromatic heterocycles. The molecule has 1 fully saturated rings. The summed E-state index contributed by atoms with van der Waals surface area (Å²) in [5, 5.41) is 2.68. The molecule has 1 atom stereocenters. The molecular formula is C25H26N2O. The van der Waals surface area contributed by atoms with Gasteiger partial charge in [0.05, 0.1) is 19.3 Å². The highest BCUT2D eigenvalue weighted by atomic mass is 16.5. The largest absolute Gasteiger partial charge is 0.379 e. The molecule has 1 unspecified atom stereocenters. The Morgan fingerprint density at radius 1 is 0.714 bits per heavy atom. The van der Waals surface area contributed by atoms with E-state index < -0.39 is 0 Å². The molecule has 3 nitrogen and oxygen atoms in total. The van der Waals surface area contributed by atoms with Crippen LogP contribution < -0.4 is 0 Å². The summed E-state index contributed by atoms with van der Waals surface area (Å²) in [7, 11) is 0. The quantitative estimate of drug-likeness (QED) is 0.486. The third kappa shape index (κ3) is 3.21. The Morgan fingerprint density at radius 2 is 1.29 bits per heavy atom. The summed E-state index contributed by atoms with van der Waals surface area (Å²) >= 11 is 0. The summed E-state index contributed by atoms with van der Waals surface area (Å²) in [6.07, 6.45) is 1.09. The molecule has 0 amide bonds. The lowest BCUT2D eigenvalue weighted by Crippen LogP contribution is -2.37. The first-order valence-electron chi connectivity index (χ1n) is 10.2. The highest BCUT2D eigenvalue weighted by Gasteiger charge is 2.21. The summed E-state index contributed by atoms with van der Waals surface area (Å²) in [4.78, 5) is 2.54. The van der Waals surface area contributed by atoms with Gasteiger partial charge >= 0.3 is 0 Å². The number of aromatic nitrogens is 1. The van der Waals surface area contributed by atoms with E-state index in [-0.39, 0.29) is 0 Å². The lowest BCUT2D eigenvalue weighted by atomic mass is 10.0. The molecule has 1 aliphatic rings. The van der Waals surface area contributed by atoms with Crippen LogP contribution in [0.5, 0.6) is 0 Å². The summed E-state index contributed by atoms with van der Waals surface area (Å²) in [6, 6.07) is 28.9. The first kappa shape index (κ1) is 17.5. The number of ether oxygens (including phenoxy) is 1. The number of morpholine rings is 1. The fourth-order valence-electron chi connectivity index (χ4n) is 4.54. The third-order valence-corrected chi connectivity index (χ3v) is 5.94. The van der Waals surface area contributed by atoms with Crippen molar-refractivity contribution in [1.29, 1.82) is 0 Å². The monoisotopic (exact) mass is 370 g/mol. The number of hydrogen-bond donors (Lipinski definition) is 0. The van der Waals surface area contributed by atoms with E-state index >= 15 is 0 Å². The van der Waals surface area contributed by atoms with Gasteiger partial charge in [-0.3, -0.25) is 4.90 Å². The molecule has 1 saturated heterocycles. The lowest BCUT2D eigenvalue weighted by molar-refractivity contribution is 0.0363. The van der Waals surface area contributed by atoms with Gasteiger partial charge in [0, 0.05) is 41.4 Å². The SMILES string of the molecule is c1ccc(C(CCN2CCOCC2)n2c3ccccc3c3ccccc32)cc1. The van der Waals surface area contributed by atoms with Crippen molar-refractivity contribution in [2.24, 2.45) is 0 Å². The second-order valence-electron chi connectivity index (χ2n) is 7.57. The van der Waals surface area contributed by atoms with Crippen LogP contribution in [0.2, 0.25) is 0 Å².